The van der Waals surface area contributed by atoms with Crippen LogP contribution in [-0.4, -0.2) is 27.7 Å². The van der Waals surface area contributed by atoms with Crippen LogP contribution < -0.4 is 0 Å². The Kier molecular flexibility index (Phi) is 3.34. The largest absolute Gasteiger partial charge is 0.491 e. The second kappa shape index (κ2) is 4.67. The van der Waals surface area contributed by atoms with Crippen LogP contribution in [-0.2, 0) is 16.1 Å². The summed E-state index contributed by atoms with van der Waals surface area (Å²) in [6.45, 7) is 2.30. The molecular weight excluding hydrogens is 265 g/mol. The predicted octanol–water partition coefficient (Wildman–Crippen LogP) is 1.85. The van der Waals surface area contributed by atoms with Gasteiger partial charge in [0.2, 0.25) is 0 Å². The number of aryl methyl sites for hydroxylation is 1. The van der Waals surface area contributed by atoms with E-state index in [-0.39, 0.29) is 5.69 Å². The third-order valence-electron chi connectivity index (χ3n) is 2.75. The van der Waals surface area contributed by atoms with Gasteiger partial charge in [-0.2, -0.15) is 13.2 Å². The van der Waals surface area contributed by atoms with Crippen LogP contribution in [0.4, 0.5) is 13.2 Å². The van der Waals surface area contributed by atoms with Crippen molar-refractivity contribution < 1.29 is 27.5 Å². The molecule has 0 radical (unpaired) electrons. The first-order valence-corrected chi connectivity index (χ1v) is 5.64. The second-order valence-corrected chi connectivity index (χ2v) is 4.44. The van der Waals surface area contributed by atoms with Crippen LogP contribution in [0.1, 0.15) is 29.2 Å². The highest BCUT2D eigenvalue weighted by molar-refractivity contribution is 5.96. The lowest BCUT2D eigenvalue weighted by atomic mass is 10.4. The minimum atomic E-state index is -5.19. The summed E-state index contributed by atoms with van der Waals surface area (Å²) >= 11 is 0. The molecule has 1 heterocycles. The molecule has 0 aromatic carbocycles. The summed E-state index contributed by atoms with van der Waals surface area (Å²) in [5.41, 5.74) is -0.296. The lowest BCUT2D eigenvalue weighted by Crippen LogP contribution is -2.28. The van der Waals surface area contributed by atoms with E-state index in [0.717, 1.165) is 12.8 Å². The second-order valence-electron chi connectivity index (χ2n) is 4.44. The molecule has 5 nitrogen and oxygen atoms in total. The molecule has 1 aromatic rings. The number of nitrogens with zero attached hydrogens (tertiary/aromatic N) is 2. The minimum Gasteiger partial charge on any atom is -0.381 e. The van der Waals surface area contributed by atoms with E-state index in [1.165, 1.54) is 6.20 Å². The topological polar surface area (TPSA) is 61.2 Å². The van der Waals surface area contributed by atoms with Gasteiger partial charge in [-0.3, -0.25) is 0 Å². The van der Waals surface area contributed by atoms with Crippen molar-refractivity contribution in [2.24, 2.45) is 5.92 Å². The molecule has 0 aliphatic heterocycles. The predicted molar refractivity (Wildman–Crippen MR) is 56.2 cm³/mol. The average Bonchev–Trinajstić information content (AvgIpc) is 3.02. The molecule has 8 heteroatoms. The van der Waals surface area contributed by atoms with Crippen LogP contribution in [0.15, 0.2) is 6.20 Å². The summed E-state index contributed by atoms with van der Waals surface area (Å²) in [5, 5.41) is 0. The molecule has 0 bridgehead atoms. The monoisotopic (exact) mass is 276 g/mol. The standard InChI is InChI=1S/C11H11F3N2O3/c1-6-15-8(5-16(6)4-7-2-3-7)9(17)19-10(18)11(12,13)14/h5,7H,2-4H2,1H3. The molecular formula is C11H11F3N2O3. The van der Waals surface area contributed by atoms with Crippen molar-refractivity contribution in [1.29, 1.82) is 0 Å². The van der Waals surface area contributed by atoms with Gasteiger partial charge in [0.25, 0.3) is 0 Å². The van der Waals surface area contributed by atoms with Gasteiger partial charge in [0, 0.05) is 12.7 Å². The highest BCUT2D eigenvalue weighted by Gasteiger charge is 2.42. The van der Waals surface area contributed by atoms with E-state index < -0.39 is 18.1 Å². The van der Waals surface area contributed by atoms with Gasteiger partial charge < -0.3 is 9.30 Å². The van der Waals surface area contributed by atoms with Crippen molar-refractivity contribution in [3.8, 4) is 0 Å². The summed E-state index contributed by atoms with van der Waals surface area (Å²) in [4.78, 5) is 25.7. The number of ether oxygens (including phenoxy) is 1. The maximum Gasteiger partial charge on any atom is 0.491 e. The number of hydrogen-bond acceptors (Lipinski definition) is 4. The molecule has 2 rings (SSSR count). The fourth-order valence-electron chi connectivity index (χ4n) is 1.56. The van der Waals surface area contributed by atoms with Gasteiger partial charge in [0.05, 0.1) is 0 Å². The molecule has 1 aliphatic rings. The molecule has 1 fully saturated rings. The number of carbonyl (C=O) groups is 2. The fourth-order valence-corrected chi connectivity index (χ4v) is 1.56. The lowest BCUT2D eigenvalue weighted by Gasteiger charge is -2.03. The Hall–Kier alpha value is -1.86. The third kappa shape index (κ3) is 3.33. The highest BCUT2D eigenvalue weighted by Crippen LogP contribution is 2.31. The first-order chi connectivity index (χ1) is 8.77. The Balaban J connectivity index is 2.04. The SMILES string of the molecule is Cc1nc(C(=O)OC(=O)C(F)(F)F)cn1CC1CC1. The highest BCUT2D eigenvalue weighted by atomic mass is 19.4. The summed E-state index contributed by atoms with van der Waals surface area (Å²) in [5.74, 6) is -2.90. The summed E-state index contributed by atoms with van der Waals surface area (Å²) in [7, 11) is 0. The summed E-state index contributed by atoms with van der Waals surface area (Å²) in [6.07, 6.45) is -1.71. The molecule has 1 saturated carbocycles. The van der Waals surface area contributed by atoms with Gasteiger partial charge >= 0.3 is 18.1 Å². The number of alkyl halides is 3. The number of hydrogen-bond donors (Lipinski definition) is 0. The van der Waals surface area contributed by atoms with Crippen molar-refractivity contribution in [2.45, 2.75) is 32.5 Å². The zero-order chi connectivity index (χ0) is 14.2. The number of aromatic nitrogens is 2. The molecule has 1 aliphatic carbocycles. The van der Waals surface area contributed by atoms with Gasteiger partial charge in [-0.05, 0) is 25.7 Å². The van der Waals surface area contributed by atoms with Gasteiger partial charge in [0.1, 0.15) is 5.82 Å². The number of halogens is 3. The van der Waals surface area contributed by atoms with Gasteiger partial charge in [-0.1, -0.05) is 0 Å². The number of rotatable bonds is 3. The summed E-state index contributed by atoms with van der Waals surface area (Å²) in [6, 6.07) is 0. The van der Waals surface area contributed by atoms with Crippen LogP contribution in [0.2, 0.25) is 0 Å². The maximum absolute atomic E-state index is 11.9. The van der Waals surface area contributed by atoms with Gasteiger partial charge in [0.15, 0.2) is 5.69 Å². The minimum absolute atomic E-state index is 0.296. The fraction of sp³-hybridized carbons (Fsp3) is 0.545. The van der Waals surface area contributed by atoms with E-state index in [4.69, 9.17) is 0 Å². The number of carbonyl (C=O) groups excluding carboxylic acids is 2. The smallest absolute Gasteiger partial charge is 0.381 e. The Morgan fingerprint density at radius 1 is 1.47 bits per heavy atom. The lowest BCUT2D eigenvalue weighted by molar-refractivity contribution is -0.193. The third-order valence-corrected chi connectivity index (χ3v) is 2.75. The molecule has 104 valence electrons. The molecule has 0 amide bonds. The van der Waals surface area contributed by atoms with Crippen molar-refractivity contribution in [1.82, 2.24) is 9.55 Å². The van der Waals surface area contributed by atoms with Crippen molar-refractivity contribution >= 4 is 11.9 Å². The van der Waals surface area contributed by atoms with E-state index in [9.17, 15) is 22.8 Å². The Labute approximate surface area is 106 Å². The quantitative estimate of drug-likeness (QED) is 0.624. The van der Waals surface area contributed by atoms with Crippen molar-refractivity contribution in [3.63, 3.8) is 0 Å². The molecule has 0 atom stereocenters. The van der Waals surface area contributed by atoms with E-state index in [0.29, 0.717) is 18.3 Å². The van der Waals surface area contributed by atoms with E-state index in [1.807, 2.05) is 0 Å². The summed E-state index contributed by atoms with van der Waals surface area (Å²) < 4.78 is 41.2. The Morgan fingerprint density at radius 2 is 2.11 bits per heavy atom. The Morgan fingerprint density at radius 3 is 2.63 bits per heavy atom. The number of esters is 2. The van der Waals surface area contributed by atoms with Crippen LogP contribution >= 0.6 is 0 Å². The van der Waals surface area contributed by atoms with Gasteiger partial charge in [-0.15, -0.1) is 0 Å². The van der Waals surface area contributed by atoms with Crippen LogP contribution in [0.5, 0.6) is 0 Å². The normalized spacial score (nSPS) is 15.4. The van der Waals surface area contributed by atoms with Crippen molar-refractivity contribution in [3.05, 3.63) is 17.7 Å². The zero-order valence-electron chi connectivity index (χ0n) is 10.0. The average molecular weight is 276 g/mol. The number of imidazole rings is 1. The first-order valence-electron chi connectivity index (χ1n) is 5.64. The van der Waals surface area contributed by atoms with E-state index >= 15 is 0 Å². The molecule has 0 saturated heterocycles. The molecule has 0 unspecified atom stereocenters. The molecule has 1 aromatic heterocycles. The van der Waals surface area contributed by atoms with Crippen molar-refractivity contribution in [2.75, 3.05) is 0 Å². The van der Waals surface area contributed by atoms with E-state index in [1.54, 1.807) is 11.5 Å². The first kappa shape index (κ1) is 13.6. The molecule has 19 heavy (non-hydrogen) atoms. The van der Waals surface area contributed by atoms with E-state index in [2.05, 4.69) is 9.72 Å². The van der Waals surface area contributed by atoms with Crippen LogP contribution in [0.3, 0.4) is 0 Å². The molecule has 0 N–H and O–H groups in total. The zero-order valence-corrected chi connectivity index (χ0v) is 10.0. The Bertz CT molecular complexity index is 518. The van der Waals surface area contributed by atoms with Crippen LogP contribution in [0.25, 0.3) is 0 Å². The molecule has 0 spiro atoms. The van der Waals surface area contributed by atoms with Crippen LogP contribution in [0, 0.1) is 12.8 Å². The van der Waals surface area contributed by atoms with Gasteiger partial charge in [-0.25, -0.2) is 14.6 Å². The maximum atomic E-state index is 11.9.